The maximum absolute atomic E-state index is 12.7. The first-order chi connectivity index (χ1) is 12.3. The summed E-state index contributed by atoms with van der Waals surface area (Å²) in [4.78, 5) is 32.1. The summed E-state index contributed by atoms with van der Waals surface area (Å²) < 4.78 is 0. The number of anilines is 1. The molecule has 0 bridgehead atoms. The average Bonchev–Trinajstić information content (AvgIpc) is 3.12. The number of hydrogen-bond donors (Lipinski definition) is 0. The lowest BCUT2D eigenvalue weighted by molar-refractivity contribution is -0.384. The van der Waals surface area contributed by atoms with Gasteiger partial charge in [-0.25, -0.2) is 4.98 Å². The van der Waals surface area contributed by atoms with Gasteiger partial charge < -0.3 is 9.80 Å². The van der Waals surface area contributed by atoms with Gasteiger partial charge in [-0.2, -0.15) is 0 Å². The zero-order chi connectivity index (χ0) is 18.9. The van der Waals surface area contributed by atoms with E-state index in [-0.39, 0.29) is 17.0 Å². The monoisotopic (exact) mass is 374 g/mol. The largest absolute Gasteiger partial charge is 0.368 e. The molecule has 2 aromatic rings. The van der Waals surface area contributed by atoms with Crippen LogP contribution in [0.2, 0.25) is 0 Å². The minimum Gasteiger partial charge on any atom is -0.368 e. The van der Waals surface area contributed by atoms with Crippen molar-refractivity contribution in [3.63, 3.8) is 0 Å². The van der Waals surface area contributed by atoms with Gasteiger partial charge in [0.15, 0.2) is 0 Å². The molecule has 1 aliphatic rings. The van der Waals surface area contributed by atoms with E-state index in [1.54, 1.807) is 18.3 Å². The molecule has 0 N–H and O–H groups in total. The standard InChI is InChI=1S/C18H22N4O3S/c1-18(2,3)17-19-12-15(26-17)16(23)21-10-8-20(9-11-21)13-4-6-14(7-5-13)22(24)25/h4-7,12H,8-11H2,1-3H3. The van der Waals surface area contributed by atoms with Crippen LogP contribution in [0.1, 0.15) is 35.5 Å². The molecule has 2 heterocycles. The van der Waals surface area contributed by atoms with Gasteiger partial charge in [0.05, 0.1) is 16.1 Å². The number of aromatic nitrogens is 1. The van der Waals surface area contributed by atoms with E-state index in [1.165, 1.54) is 23.5 Å². The Labute approximate surface area is 156 Å². The fourth-order valence-corrected chi connectivity index (χ4v) is 3.77. The van der Waals surface area contributed by atoms with Crippen LogP contribution in [0.3, 0.4) is 0 Å². The third kappa shape index (κ3) is 3.85. The predicted octanol–water partition coefficient (Wildman–Crippen LogP) is 3.31. The van der Waals surface area contributed by atoms with Gasteiger partial charge in [0.2, 0.25) is 0 Å². The smallest absolute Gasteiger partial charge is 0.269 e. The molecule has 138 valence electrons. The van der Waals surface area contributed by atoms with Gasteiger partial charge in [-0.1, -0.05) is 20.8 Å². The number of nitrogens with zero attached hydrogens (tertiary/aromatic N) is 4. The second kappa shape index (κ2) is 7.03. The van der Waals surface area contributed by atoms with E-state index in [0.29, 0.717) is 31.1 Å². The molecule has 8 heteroatoms. The Morgan fingerprint density at radius 1 is 1.15 bits per heavy atom. The van der Waals surface area contributed by atoms with Crippen LogP contribution in [0.4, 0.5) is 11.4 Å². The molecule has 0 aliphatic carbocycles. The molecule has 1 aromatic carbocycles. The highest BCUT2D eigenvalue weighted by molar-refractivity contribution is 7.13. The fraction of sp³-hybridized carbons (Fsp3) is 0.444. The first-order valence-electron chi connectivity index (χ1n) is 8.51. The number of amides is 1. The van der Waals surface area contributed by atoms with Crippen molar-refractivity contribution < 1.29 is 9.72 Å². The number of benzene rings is 1. The topological polar surface area (TPSA) is 79.6 Å². The van der Waals surface area contributed by atoms with Crippen LogP contribution in [0.5, 0.6) is 0 Å². The van der Waals surface area contributed by atoms with Crippen LogP contribution in [0.15, 0.2) is 30.5 Å². The van der Waals surface area contributed by atoms with E-state index in [2.05, 4.69) is 30.7 Å². The Bertz CT molecular complexity index is 803. The van der Waals surface area contributed by atoms with Gasteiger partial charge in [0, 0.05) is 49.4 Å². The first-order valence-corrected chi connectivity index (χ1v) is 9.32. The molecule has 0 saturated carbocycles. The number of rotatable bonds is 3. The number of hydrogen-bond acceptors (Lipinski definition) is 6. The molecule has 0 atom stereocenters. The maximum Gasteiger partial charge on any atom is 0.269 e. The molecule has 1 aliphatic heterocycles. The Morgan fingerprint density at radius 3 is 2.27 bits per heavy atom. The van der Waals surface area contributed by atoms with Gasteiger partial charge >= 0.3 is 0 Å². The Kier molecular flexibility index (Phi) is 4.95. The summed E-state index contributed by atoms with van der Waals surface area (Å²) in [7, 11) is 0. The number of carbonyl (C=O) groups excluding carboxylic acids is 1. The van der Waals surface area contributed by atoms with Crippen molar-refractivity contribution in [2.45, 2.75) is 26.2 Å². The third-order valence-corrected chi connectivity index (χ3v) is 5.76. The van der Waals surface area contributed by atoms with Crippen LogP contribution >= 0.6 is 11.3 Å². The summed E-state index contributed by atoms with van der Waals surface area (Å²) in [6, 6.07) is 6.54. The molecule has 26 heavy (non-hydrogen) atoms. The average molecular weight is 374 g/mol. The summed E-state index contributed by atoms with van der Waals surface area (Å²) in [6.07, 6.45) is 1.68. The highest BCUT2D eigenvalue weighted by Gasteiger charge is 2.26. The van der Waals surface area contributed by atoms with Crippen molar-refractivity contribution in [1.29, 1.82) is 0 Å². The second-order valence-corrected chi connectivity index (χ2v) is 8.36. The lowest BCUT2D eigenvalue weighted by Gasteiger charge is -2.35. The predicted molar refractivity (Wildman–Crippen MR) is 102 cm³/mol. The van der Waals surface area contributed by atoms with Crippen LogP contribution in [0.25, 0.3) is 0 Å². The summed E-state index contributed by atoms with van der Waals surface area (Å²) in [6.45, 7) is 8.91. The number of nitro benzene ring substituents is 1. The quantitative estimate of drug-likeness (QED) is 0.608. The van der Waals surface area contributed by atoms with Crippen molar-refractivity contribution in [2.75, 3.05) is 31.1 Å². The normalized spacial score (nSPS) is 15.2. The van der Waals surface area contributed by atoms with Crippen molar-refractivity contribution in [1.82, 2.24) is 9.88 Å². The summed E-state index contributed by atoms with van der Waals surface area (Å²) in [5, 5.41) is 11.7. The minimum absolute atomic E-state index is 0.0290. The number of thiazole rings is 1. The summed E-state index contributed by atoms with van der Waals surface area (Å²) in [5.41, 5.74) is 0.968. The van der Waals surface area contributed by atoms with E-state index in [1.807, 2.05) is 4.90 Å². The van der Waals surface area contributed by atoms with Gasteiger partial charge in [-0.3, -0.25) is 14.9 Å². The van der Waals surface area contributed by atoms with E-state index >= 15 is 0 Å². The first kappa shape index (κ1) is 18.3. The molecule has 1 amide bonds. The molecule has 1 saturated heterocycles. The van der Waals surface area contributed by atoms with Gasteiger partial charge in [0.25, 0.3) is 11.6 Å². The number of nitro groups is 1. The molecule has 0 radical (unpaired) electrons. The summed E-state index contributed by atoms with van der Waals surface area (Å²) >= 11 is 1.46. The van der Waals surface area contributed by atoms with Crippen LogP contribution in [-0.2, 0) is 5.41 Å². The Balaban J connectivity index is 1.62. The van der Waals surface area contributed by atoms with Crippen molar-refractivity contribution >= 4 is 28.6 Å². The molecule has 7 nitrogen and oxygen atoms in total. The van der Waals surface area contributed by atoms with Crippen LogP contribution in [-0.4, -0.2) is 46.9 Å². The Hall–Kier alpha value is -2.48. The molecule has 1 fully saturated rings. The molecule has 0 spiro atoms. The fourth-order valence-electron chi connectivity index (χ4n) is 2.83. The number of non-ortho nitro benzene ring substituents is 1. The summed E-state index contributed by atoms with van der Waals surface area (Å²) in [5.74, 6) is 0.0290. The van der Waals surface area contributed by atoms with E-state index in [9.17, 15) is 14.9 Å². The number of carbonyl (C=O) groups is 1. The highest BCUT2D eigenvalue weighted by atomic mass is 32.1. The SMILES string of the molecule is CC(C)(C)c1ncc(C(=O)N2CCN(c3ccc([N+](=O)[O-])cc3)CC2)s1. The second-order valence-electron chi connectivity index (χ2n) is 7.33. The van der Waals surface area contributed by atoms with Crippen molar-refractivity contribution in [2.24, 2.45) is 0 Å². The van der Waals surface area contributed by atoms with Crippen LogP contribution in [0, 0.1) is 10.1 Å². The Morgan fingerprint density at radius 2 is 1.77 bits per heavy atom. The zero-order valence-electron chi connectivity index (χ0n) is 15.1. The highest BCUT2D eigenvalue weighted by Crippen LogP contribution is 2.28. The van der Waals surface area contributed by atoms with E-state index in [0.717, 1.165) is 10.7 Å². The zero-order valence-corrected chi connectivity index (χ0v) is 16.0. The maximum atomic E-state index is 12.7. The lowest BCUT2D eigenvalue weighted by Crippen LogP contribution is -2.48. The van der Waals surface area contributed by atoms with Crippen LogP contribution < -0.4 is 4.90 Å². The van der Waals surface area contributed by atoms with Gasteiger partial charge in [0.1, 0.15) is 4.88 Å². The van der Waals surface area contributed by atoms with Gasteiger partial charge in [-0.15, -0.1) is 11.3 Å². The van der Waals surface area contributed by atoms with E-state index < -0.39 is 4.92 Å². The molecule has 1 aromatic heterocycles. The van der Waals surface area contributed by atoms with Gasteiger partial charge in [-0.05, 0) is 12.1 Å². The molecule has 3 rings (SSSR count). The number of piperazine rings is 1. The molecule has 0 unspecified atom stereocenters. The lowest BCUT2D eigenvalue weighted by atomic mass is 9.98. The minimum atomic E-state index is -0.401. The molecular formula is C18H22N4O3S. The molecular weight excluding hydrogens is 352 g/mol. The van der Waals surface area contributed by atoms with E-state index in [4.69, 9.17) is 0 Å². The third-order valence-electron chi connectivity index (χ3n) is 4.35. The van der Waals surface area contributed by atoms with Crippen molar-refractivity contribution in [3.8, 4) is 0 Å². The van der Waals surface area contributed by atoms with Crippen molar-refractivity contribution in [3.05, 3.63) is 50.5 Å².